The third-order valence-corrected chi connectivity index (χ3v) is 3.22. The number of hydrogen-bond acceptors (Lipinski definition) is 3. The molecule has 1 rings (SSSR count). The van der Waals surface area contributed by atoms with Crippen LogP contribution in [0.4, 0.5) is 0 Å². The molecular formula is C5H2BrCl2NO2S. The lowest BCUT2D eigenvalue weighted by atomic mass is 10.5. The number of hydrogen-bond donors (Lipinski definition) is 0. The van der Waals surface area contributed by atoms with Crippen LogP contribution in [0.1, 0.15) is 0 Å². The molecule has 0 bridgehead atoms. The standard InChI is InChI=1S/C5H2BrCl2NO2S/c6-3-1-4(12(8,10)11)5(7)9-2-3/h1-2H. The maximum Gasteiger partial charge on any atom is 0.264 e. The summed E-state index contributed by atoms with van der Waals surface area (Å²) in [4.78, 5) is 3.41. The number of nitrogens with zero attached hydrogens (tertiary/aromatic N) is 1. The minimum Gasteiger partial charge on any atom is -0.242 e. The topological polar surface area (TPSA) is 47.0 Å². The van der Waals surface area contributed by atoms with Crippen molar-refractivity contribution < 1.29 is 8.42 Å². The monoisotopic (exact) mass is 289 g/mol. The Labute approximate surface area is 87.3 Å². The van der Waals surface area contributed by atoms with E-state index in [1.54, 1.807) is 0 Å². The summed E-state index contributed by atoms with van der Waals surface area (Å²) in [5.74, 6) is 0. The molecule has 0 aromatic carbocycles. The molecule has 0 saturated heterocycles. The number of pyridine rings is 1. The molecule has 0 N–H and O–H groups in total. The summed E-state index contributed by atoms with van der Waals surface area (Å²) in [6, 6.07) is 1.29. The summed E-state index contributed by atoms with van der Waals surface area (Å²) in [5, 5.41) is -0.131. The van der Waals surface area contributed by atoms with E-state index in [1.165, 1.54) is 12.3 Å². The van der Waals surface area contributed by atoms with Gasteiger partial charge in [0, 0.05) is 21.4 Å². The fourth-order valence-electron chi connectivity index (χ4n) is 0.575. The average molecular weight is 291 g/mol. The van der Waals surface area contributed by atoms with Crippen LogP contribution in [0, 0.1) is 0 Å². The Kier molecular flexibility index (Phi) is 2.98. The molecule has 7 heteroatoms. The molecule has 0 saturated carbocycles. The lowest BCUT2D eigenvalue weighted by Gasteiger charge is -1.98. The van der Waals surface area contributed by atoms with Crippen LogP contribution in [-0.4, -0.2) is 13.4 Å². The molecular weight excluding hydrogens is 289 g/mol. The van der Waals surface area contributed by atoms with E-state index >= 15 is 0 Å². The number of halogens is 3. The molecule has 0 unspecified atom stereocenters. The van der Waals surface area contributed by atoms with Gasteiger partial charge in [0.25, 0.3) is 9.05 Å². The number of aromatic nitrogens is 1. The van der Waals surface area contributed by atoms with Crippen LogP contribution in [0.15, 0.2) is 21.6 Å². The molecule has 0 aliphatic rings. The van der Waals surface area contributed by atoms with Crippen LogP contribution < -0.4 is 0 Å². The van der Waals surface area contributed by atoms with Crippen molar-refractivity contribution in [3.63, 3.8) is 0 Å². The van der Waals surface area contributed by atoms with Crippen molar-refractivity contribution in [3.8, 4) is 0 Å². The van der Waals surface area contributed by atoms with E-state index in [-0.39, 0.29) is 10.0 Å². The van der Waals surface area contributed by atoms with Crippen molar-refractivity contribution in [1.29, 1.82) is 0 Å². The van der Waals surface area contributed by atoms with Gasteiger partial charge in [-0.2, -0.15) is 0 Å². The first-order valence-electron chi connectivity index (χ1n) is 2.67. The van der Waals surface area contributed by atoms with Gasteiger partial charge in [-0.1, -0.05) is 11.6 Å². The largest absolute Gasteiger partial charge is 0.264 e. The molecule has 0 spiro atoms. The first kappa shape index (κ1) is 10.2. The van der Waals surface area contributed by atoms with Gasteiger partial charge in [-0.25, -0.2) is 13.4 Å². The quantitative estimate of drug-likeness (QED) is 0.589. The maximum atomic E-state index is 10.8. The molecule has 1 heterocycles. The van der Waals surface area contributed by atoms with Crippen molar-refractivity contribution in [3.05, 3.63) is 21.9 Å². The molecule has 1 aromatic rings. The van der Waals surface area contributed by atoms with E-state index in [4.69, 9.17) is 22.3 Å². The molecule has 1 aromatic heterocycles. The van der Waals surface area contributed by atoms with Gasteiger partial charge in [0.2, 0.25) is 0 Å². The van der Waals surface area contributed by atoms with Crippen LogP contribution >= 0.6 is 38.2 Å². The highest BCUT2D eigenvalue weighted by molar-refractivity contribution is 9.10. The molecule has 0 amide bonds. The predicted octanol–water partition coefficient (Wildman–Crippen LogP) is 2.43. The van der Waals surface area contributed by atoms with E-state index in [0.717, 1.165) is 0 Å². The average Bonchev–Trinajstić information content (AvgIpc) is 1.92. The number of rotatable bonds is 1. The van der Waals surface area contributed by atoms with E-state index in [1.807, 2.05) is 0 Å². The Morgan fingerprint density at radius 1 is 1.50 bits per heavy atom. The van der Waals surface area contributed by atoms with Gasteiger partial charge in [0.15, 0.2) is 0 Å². The van der Waals surface area contributed by atoms with Crippen molar-refractivity contribution >= 4 is 47.3 Å². The molecule has 0 atom stereocenters. The van der Waals surface area contributed by atoms with Gasteiger partial charge in [0.1, 0.15) is 10.0 Å². The first-order chi connectivity index (χ1) is 5.41. The Morgan fingerprint density at radius 2 is 2.08 bits per heavy atom. The zero-order valence-electron chi connectivity index (χ0n) is 5.46. The predicted molar refractivity (Wildman–Crippen MR) is 50.0 cm³/mol. The zero-order valence-corrected chi connectivity index (χ0v) is 9.37. The molecule has 12 heavy (non-hydrogen) atoms. The molecule has 3 nitrogen and oxygen atoms in total. The Morgan fingerprint density at radius 3 is 2.50 bits per heavy atom. The highest BCUT2D eigenvalue weighted by atomic mass is 79.9. The molecule has 0 aliphatic heterocycles. The Balaban J connectivity index is 3.43. The highest BCUT2D eigenvalue weighted by Gasteiger charge is 2.15. The van der Waals surface area contributed by atoms with Gasteiger partial charge in [-0.3, -0.25) is 0 Å². The SMILES string of the molecule is O=S(=O)(Cl)c1cc(Br)cnc1Cl. The lowest BCUT2D eigenvalue weighted by molar-refractivity contribution is 0.609. The minimum atomic E-state index is -3.81. The van der Waals surface area contributed by atoms with Crippen LogP contribution in [0.3, 0.4) is 0 Å². The second-order valence-corrected chi connectivity index (χ2v) is 5.69. The van der Waals surface area contributed by atoms with Crippen LogP contribution in [0.25, 0.3) is 0 Å². The highest BCUT2D eigenvalue weighted by Crippen LogP contribution is 2.25. The van der Waals surface area contributed by atoms with Crippen LogP contribution in [0.5, 0.6) is 0 Å². The lowest BCUT2D eigenvalue weighted by Crippen LogP contribution is -1.93. The van der Waals surface area contributed by atoms with Crippen molar-refractivity contribution in [1.82, 2.24) is 4.98 Å². The summed E-state index contributed by atoms with van der Waals surface area (Å²) in [6.07, 6.45) is 1.38. The molecule has 0 radical (unpaired) electrons. The van der Waals surface area contributed by atoms with Crippen molar-refractivity contribution in [2.75, 3.05) is 0 Å². The summed E-state index contributed by atoms with van der Waals surface area (Å²) in [6.45, 7) is 0. The van der Waals surface area contributed by atoms with Crippen LogP contribution in [-0.2, 0) is 9.05 Å². The second-order valence-electron chi connectivity index (χ2n) is 1.88. The molecule has 0 fully saturated rings. The fourth-order valence-corrected chi connectivity index (χ4v) is 2.46. The van der Waals surface area contributed by atoms with E-state index in [0.29, 0.717) is 4.47 Å². The van der Waals surface area contributed by atoms with Crippen molar-refractivity contribution in [2.24, 2.45) is 0 Å². The van der Waals surface area contributed by atoms with Gasteiger partial charge >= 0.3 is 0 Å². The van der Waals surface area contributed by atoms with Gasteiger partial charge in [-0.15, -0.1) is 0 Å². The van der Waals surface area contributed by atoms with Gasteiger partial charge < -0.3 is 0 Å². The fraction of sp³-hybridized carbons (Fsp3) is 0. The van der Waals surface area contributed by atoms with Crippen LogP contribution in [0.2, 0.25) is 5.15 Å². The summed E-state index contributed by atoms with van der Waals surface area (Å²) < 4.78 is 22.2. The second kappa shape index (κ2) is 3.49. The summed E-state index contributed by atoms with van der Waals surface area (Å²) in [5.41, 5.74) is 0. The third kappa shape index (κ3) is 2.32. The normalized spacial score (nSPS) is 11.6. The molecule has 66 valence electrons. The summed E-state index contributed by atoms with van der Waals surface area (Å²) >= 11 is 8.53. The third-order valence-electron chi connectivity index (χ3n) is 1.04. The Bertz CT molecular complexity index is 406. The van der Waals surface area contributed by atoms with Gasteiger partial charge in [-0.05, 0) is 22.0 Å². The van der Waals surface area contributed by atoms with E-state index < -0.39 is 9.05 Å². The zero-order chi connectivity index (χ0) is 9.35. The minimum absolute atomic E-state index is 0.131. The first-order valence-corrected chi connectivity index (χ1v) is 6.15. The van der Waals surface area contributed by atoms with Gasteiger partial charge in [0.05, 0.1) is 0 Å². The Hall–Kier alpha value is 0.160. The maximum absolute atomic E-state index is 10.8. The van der Waals surface area contributed by atoms with E-state index in [2.05, 4.69) is 20.9 Å². The smallest absolute Gasteiger partial charge is 0.242 e. The molecule has 0 aliphatic carbocycles. The van der Waals surface area contributed by atoms with E-state index in [9.17, 15) is 8.42 Å². The van der Waals surface area contributed by atoms with Crippen molar-refractivity contribution in [2.45, 2.75) is 4.90 Å². The summed E-state index contributed by atoms with van der Waals surface area (Å²) in [7, 11) is 1.25.